The summed E-state index contributed by atoms with van der Waals surface area (Å²) < 4.78 is 10.1. The van der Waals surface area contributed by atoms with Gasteiger partial charge in [0.05, 0.1) is 6.26 Å². The zero-order chi connectivity index (χ0) is 8.72. The lowest BCUT2D eigenvalue weighted by Gasteiger charge is -1.90. The van der Waals surface area contributed by atoms with Crippen LogP contribution in [0, 0.1) is 13.8 Å². The van der Waals surface area contributed by atoms with Crippen molar-refractivity contribution in [2.45, 2.75) is 13.8 Å². The van der Waals surface area contributed by atoms with Crippen molar-refractivity contribution in [3.63, 3.8) is 0 Å². The number of hydrogen-bond acceptors (Lipinski definition) is 3. The molecule has 2 aromatic rings. The monoisotopic (exact) mass is 164 g/mol. The van der Waals surface area contributed by atoms with E-state index in [0.29, 0.717) is 16.7 Å². The van der Waals surface area contributed by atoms with Crippen LogP contribution in [0.2, 0.25) is 0 Å². The first-order valence-electron chi connectivity index (χ1n) is 3.67. The summed E-state index contributed by atoms with van der Waals surface area (Å²) in [7, 11) is 0. The Morgan fingerprint density at radius 1 is 1.33 bits per heavy atom. The lowest BCUT2D eigenvalue weighted by molar-refractivity contribution is 0.485. The fourth-order valence-corrected chi connectivity index (χ4v) is 1.24. The van der Waals surface area contributed by atoms with Crippen molar-refractivity contribution in [3.8, 4) is 0 Å². The maximum absolute atomic E-state index is 11.3. The summed E-state index contributed by atoms with van der Waals surface area (Å²) in [6.45, 7) is 3.54. The van der Waals surface area contributed by atoms with E-state index < -0.39 is 0 Å². The van der Waals surface area contributed by atoms with Gasteiger partial charge in [0.25, 0.3) is 0 Å². The molecule has 0 saturated heterocycles. The minimum absolute atomic E-state index is 0.323. The zero-order valence-electron chi connectivity index (χ0n) is 6.88. The molecule has 0 spiro atoms. The molecule has 3 heteroatoms. The highest BCUT2D eigenvalue weighted by atomic mass is 16.4. The highest BCUT2D eigenvalue weighted by Crippen LogP contribution is 2.17. The highest BCUT2D eigenvalue weighted by molar-refractivity contribution is 5.79. The summed E-state index contributed by atoms with van der Waals surface area (Å²) in [6.07, 6.45) is 1.56. The van der Waals surface area contributed by atoms with Gasteiger partial charge in [-0.15, -0.1) is 0 Å². The first-order valence-corrected chi connectivity index (χ1v) is 3.67. The topological polar surface area (TPSA) is 43.4 Å². The Kier molecular flexibility index (Phi) is 1.33. The Balaban J connectivity index is 3.03. The van der Waals surface area contributed by atoms with Crippen LogP contribution in [0.3, 0.4) is 0 Å². The van der Waals surface area contributed by atoms with Crippen LogP contribution >= 0.6 is 0 Å². The molecule has 3 nitrogen and oxygen atoms in total. The van der Waals surface area contributed by atoms with E-state index in [4.69, 9.17) is 8.83 Å². The molecule has 0 N–H and O–H groups in total. The third-order valence-electron chi connectivity index (χ3n) is 1.80. The zero-order valence-corrected chi connectivity index (χ0v) is 6.88. The summed E-state index contributed by atoms with van der Waals surface area (Å²) in [5.41, 5.74) is 1.09. The van der Waals surface area contributed by atoms with Crippen molar-refractivity contribution in [1.82, 2.24) is 0 Å². The molecule has 2 aromatic heterocycles. The van der Waals surface area contributed by atoms with E-state index in [0.717, 1.165) is 5.56 Å². The van der Waals surface area contributed by atoms with Crippen molar-refractivity contribution in [2.24, 2.45) is 0 Å². The van der Waals surface area contributed by atoms with Crippen molar-refractivity contribution >= 4 is 11.0 Å². The van der Waals surface area contributed by atoms with Crippen LogP contribution in [0.5, 0.6) is 0 Å². The third-order valence-corrected chi connectivity index (χ3v) is 1.80. The summed E-state index contributed by atoms with van der Waals surface area (Å²) in [5, 5.41) is 0.542. The van der Waals surface area contributed by atoms with E-state index in [1.807, 2.05) is 6.92 Å². The molecular formula is C9H8O3. The molecule has 0 aliphatic heterocycles. The van der Waals surface area contributed by atoms with E-state index in [-0.39, 0.29) is 5.63 Å². The highest BCUT2D eigenvalue weighted by Gasteiger charge is 2.07. The van der Waals surface area contributed by atoms with Gasteiger partial charge >= 0.3 is 5.63 Å². The molecule has 0 aliphatic rings. The van der Waals surface area contributed by atoms with Gasteiger partial charge < -0.3 is 8.83 Å². The molecule has 0 aromatic carbocycles. The van der Waals surface area contributed by atoms with Gasteiger partial charge in [-0.25, -0.2) is 4.79 Å². The van der Waals surface area contributed by atoms with Crippen LogP contribution in [0.15, 0.2) is 26.0 Å². The number of furan rings is 1. The van der Waals surface area contributed by atoms with Crippen LogP contribution in [-0.2, 0) is 0 Å². The van der Waals surface area contributed by atoms with Crippen LogP contribution in [0.4, 0.5) is 0 Å². The maximum atomic E-state index is 11.3. The van der Waals surface area contributed by atoms with Gasteiger partial charge in [0, 0.05) is 11.6 Å². The predicted octanol–water partition coefficient (Wildman–Crippen LogP) is 2.00. The van der Waals surface area contributed by atoms with Gasteiger partial charge in [-0.05, 0) is 13.8 Å². The third kappa shape index (κ3) is 0.863. The first-order chi connectivity index (χ1) is 5.68. The molecule has 12 heavy (non-hydrogen) atoms. The lowest BCUT2D eigenvalue weighted by Crippen LogP contribution is -1.99. The van der Waals surface area contributed by atoms with Gasteiger partial charge in [-0.2, -0.15) is 0 Å². The minimum atomic E-state index is -0.323. The van der Waals surface area contributed by atoms with Crippen LogP contribution in [-0.4, -0.2) is 0 Å². The molecule has 0 atom stereocenters. The average molecular weight is 164 g/mol. The summed E-state index contributed by atoms with van der Waals surface area (Å²) >= 11 is 0. The van der Waals surface area contributed by atoms with Crippen LogP contribution < -0.4 is 5.63 Å². The lowest BCUT2D eigenvalue weighted by atomic mass is 10.2. The van der Waals surface area contributed by atoms with Gasteiger partial charge in [-0.3, -0.25) is 0 Å². The molecule has 62 valence electrons. The van der Waals surface area contributed by atoms with Gasteiger partial charge in [-0.1, -0.05) is 0 Å². The standard InChI is InChI=1S/C9H8O3/c1-5-4-11-7-3-6(2)12-9(10)8(5)7/h3-4H,1-2H3. The molecule has 0 bridgehead atoms. The second kappa shape index (κ2) is 2.24. The van der Waals surface area contributed by atoms with Gasteiger partial charge in [0.2, 0.25) is 0 Å². The molecule has 2 heterocycles. The number of rotatable bonds is 0. The predicted molar refractivity (Wildman–Crippen MR) is 44.2 cm³/mol. The Morgan fingerprint density at radius 3 is 2.83 bits per heavy atom. The molecular weight excluding hydrogens is 156 g/mol. The smallest absolute Gasteiger partial charge is 0.347 e. The van der Waals surface area contributed by atoms with Gasteiger partial charge in [0.15, 0.2) is 0 Å². The molecule has 0 radical (unpaired) electrons. The van der Waals surface area contributed by atoms with E-state index in [1.165, 1.54) is 0 Å². The number of aryl methyl sites for hydroxylation is 2. The number of fused-ring (bicyclic) bond motifs is 1. The molecule has 0 aliphatic carbocycles. The molecule has 0 unspecified atom stereocenters. The summed E-state index contributed by atoms with van der Waals surface area (Å²) in [6, 6.07) is 1.71. The fourth-order valence-electron chi connectivity index (χ4n) is 1.24. The van der Waals surface area contributed by atoms with Crippen molar-refractivity contribution in [3.05, 3.63) is 34.1 Å². The Hall–Kier alpha value is -1.51. The molecule has 0 saturated carbocycles. The average Bonchev–Trinajstić information content (AvgIpc) is 2.31. The SMILES string of the molecule is Cc1cc2occ(C)c2c(=O)o1. The van der Waals surface area contributed by atoms with E-state index >= 15 is 0 Å². The van der Waals surface area contributed by atoms with Crippen molar-refractivity contribution < 1.29 is 8.83 Å². The van der Waals surface area contributed by atoms with Crippen LogP contribution in [0.25, 0.3) is 11.0 Å². The minimum Gasteiger partial charge on any atom is -0.464 e. The van der Waals surface area contributed by atoms with Crippen molar-refractivity contribution in [2.75, 3.05) is 0 Å². The van der Waals surface area contributed by atoms with Gasteiger partial charge in [0.1, 0.15) is 16.7 Å². The van der Waals surface area contributed by atoms with E-state index in [2.05, 4.69) is 0 Å². The molecule has 0 fully saturated rings. The number of hydrogen-bond donors (Lipinski definition) is 0. The van der Waals surface area contributed by atoms with E-state index in [9.17, 15) is 4.79 Å². The normalized spacial score (nSPS) is 10.8. The Morgan fingerprint density at radius 2 is 2.08 bits per heavy atom. The maximum Gasteiger partial charge on any atom is 0.347 e. The van der Waals surface area contributed by atoms with Crippen LogP contribution in [0.1, 0.15) is 11.3 Å². The van der Waals surface area contributed by atoms with Crippen molar-refractivity contribution in [1.29, 1.82) is 0 Å². The largest absolute Gasteiger partial charge is 0.464 e. The van der Waals surface area contributed by atoms with E-state index in [1.54, 1.807) is 19.3 Å². The first kappa shape index (κ1) is 7.16. The molecule has 0 amide bonds. The Bertz CT molecular complexity index is 476. The second-order valence-electron chi connectivity index (χ2n) is 2.80. The summed E-state index contributed by atoms with van der Waals surface area (Å²) in [4.78, 5) is 11.3. The Labute approximate surface area is 68.6 Å². The quantitative estimate of drug-likeness (QED) is 0.598. The summed E-state index contributed by atoms with van der Waals surface area (Å²) in [5.74, 6) is 0.571. The second-order valence-corrected chi connectivity index (χ2v) is 2.80. The fraction of sp³-hybridized carbons (Fsp3) is 0.222. The molecule has 2 rings (SSSR count).